The van der Waals surface area contributed by atoms with Crippen molar-refractivity contribution in [1.29, 1.82) is 0 Å². The minimum atomic E-state index is -1.36. The minimum absolute atomic E-state index is 0.0614. The first-order chi connectivity index (χ1) is 20.3. The second-order valence-electron chi connectivity index (χ2n) is 10.6. The molecule has 4 saturated heterocycles. The highest BCUT2D eigenvalue weighted by molar-refractivity contribution is 8.00. The zero-order valence-corrected chi connectivity index (χ0v) is 23.8. The largest absolute Gasteiger partial charge is 0.427 e. The van der Waals surface area contributed by atoms with Crippen LogP contribution in [0.2, 0.25) is 0 Å². The van der Waals surface area contributed by atoms with E-state index >= 15 is 0 Å². The van der Waals surface area contributed by atoms with Crippen LogP contribution in [0.3, 0.4) is 0 Å². The van der Waals surface area contributed by atoms with Gasteiger partial charge in [0, 0.05) is 29.5 Å². The molecule has 2 unspecified atom stereocenters. The molecule has 42 heavy (non-hydrogen) atoms. The zero-order valence-electron chi connectivity index (χ0n) is 23.0. The summed E-state index contributed by atoms with van der Waals surface area (Å²) < 4.78 is 28.4. The molecule has 230 valence electrons. The number of aliphatic hydroxyl groups is 2. The Morgan fingerprint density at radius 3 is 2.74 bits per heavy atom. The van der Waals surface area contributed by atoms with E-state index in [1.165, 1.54) is 0 Å². The van der Waals surface area contributed by atoms with Gasteiger partial charge in [-0.3, -0.25) is 9.59 Å². The average molecular weight is 608 g/mol. The molecule has 4 aliphatic rings. The third-order valence-electron chi connectivity index (χ3n) is 7.64. The standard InChI is InChI=1S/C28H37N3O10S/c1-2-20(32)29-11-12-37-27-24(35)23(34)25-18(40-27)13-38-26(41-25)15-7-9-16(10-8-15)39-21(33)6-4-3-5-19-22-17(14-42-19)30-28(36)31-22/h2,7-10,17-19,22-27,34-35H,1,3-6,11-14H2,(H,29,32)(H2,30,31,36)/t17-,18+,19-,22-,23+,24+,25?,26?,27+/m0/s1. The molecule has 4 heterocycles. The van der Waals surface area contributed by atoms with Crippen molar-refractivity contribution in [3.8, 4) is 5.75 Å². The molecule has 0 saturated carbocycles. The van der Waals surface area contributed by atoms with Gasteiger partial charge in [-0.15, -0.1) is 0 Å². The van der Waals surface area contributed by atoms with E-state index in [1.807, 2.05) is 11.8 Å². The van der Waals surface area contributed by atoms with Crippen molar-refractivity contribution in [1.82, 2.24) is 16.0 Å². The van der Waals surface area contributed by atoms with E-state index in [2.05, 4.69) is 22.5 Å². The van der Waals surface area contributed by atoms with Crippen LogP contribution < -0.4 is 20.7 Å². The summed E-state index contributed by atoms with van der Waals surface area (Å²) in [6.07, 6.45) is -2.17. The number of hydrogen-bond acceptors (Lipinski definition) is 11. The lowest BCUT2D eigenvalue weighted by molar-refractivity contribution is -0.361. The second-order valence-corrected chi connectivity index (χ2v) is 11.8. The number of carbonyl (C=O) groups excluding carboxylic acids is 3. The van der Waals surface area contributed by atoms with Crippen LogP contribution in [0.25, 0.3) is 0 Å². The van der Waals surface area contributed by atoms with Crippen molar-refractivity contribution in [2.75, 3.05) is 25.5 Å². The molecule has 1 aromatic carbocycles. The Labute approximate surface area is 247 Å². The Hall–Kier alpha value is -2.72. The van der Waals surface area contributed by atoms with Crippen LogP contribution in [-0.4, -0.2) is 102 Å². The van der Waals surface area contributed by atoms with Crippen molar-refractivity contribution in [2.24, 2.45) is 0 Å². The van der Waals surface area contributed by atoms with Crippen molar-refractivity contribution >= 4 is 29.7 Å². The molecule has 0 aromatic heterocycles. The van der Waals surface area contributed by atoms with E-state index in [4.69, 9.17) is 23.7 Å². The Balaban J connectivity index is 1.02. The predicted molar refractivity (Wildman–Crippen MR) is 149 cm³/mol. The van der Waals surface area contributed by atoms with Gasteiger partial charge in [0.1, 0.15) is 30.2 Å². The molecule has 14 heteroatoms. The number of amides is 3. The number of hydrogen-bond donors (Lipinski definition) is 5. The fourth-order valence-electron chi connectivity index (χ4n) is 5.44. The molecule has 13 nitrogen and oxygen atoms in total. The average Bonchev–Trinajstić information content (AvgIpc) is 3.55. The summed E-state index contributed by atoms with van der Waals surface area (Å²) in [7, 11) is 0. The van der Waals surface area contributed by atoms with Gasteiger partial charge in [0.25, 0.3) is 0 Å². The second kappa shape index (κ2) is 14.2. The smallest absolute Gasteiger partial charge is 0.315 e. The Morgan fingerprint density at radius 1 is 1.14 bits per heavy atom. The molecule has 0 radical (unpaired) electrons. The Kier molecular flexibility index (Phi) is 10.4. The molecule has 0 bridgehead atoms. The lowest BCUT2D eigenvalue weighted by Crippen LogP contribution is -2.62. The van der Waals surface area contributed by atoms with Crippen molar-refractivity contribution in [2.45, 2.75) is 80.0 Å². The number of urea groups is 1. The summed E-state index contributed by atoms with van der Waals surface area (Å²) in [6, 6.07) is 6.97. The van der Waals surface area contributed by atoms with Gasteiger partial charge in [-0.2, -0.15) is 11.8 Å². The number of benzene rings is 1. The molecule has 5 N–H and O–H groups in total. The van der Waals surface area contributed by atoms with Crippen LogP contribution in [0.1, 0.15) is 37.5 Å². The van der Waals surface area contributed by atoms with E-state index < -0.39 is 37.0 Å². The van der Waals surface area contributed by atoms with Gasteiger partial charge in [0.05, 0.1) is 25.3 Å². The highest BCUT2D eigenvalue weighted by atomic mass is 32.2. The summed E-state index contributed by atoms with van der Waals surface area (Å²) in [5.74, 6) is 0.640. The molecule has 5 rings (SSSR count). The molecule has 0 aliphatic carbocycles. The summed E-state index contributed by atoms with van der Waals surface area (Å²) in [5.41, 5.74) is 0.645. The number of ether oxygens (including phenoxy) is 5. The van der Waals surface area contributed by atoms with Gasteiger partial charge in [-0.25, -0.2) is 4.79 Å². The maximum Gasteiger partial charge on any atom is 0.315 e. The normalized spacial score (nSPS) is 33.6. The van der Waals surface area contributed by atoms with E-state index in [-0.39, 0.29) is 49.7 Å². The third-order valence-corrected chi connectivity index (χ3v) is 9.15. The van der Waals surface area contributed by atoms with Crippen LogP contribution in [0.4, 0.5) is 4.79 Å². The van der Waals surface area contributed by atoms with Crippen LogP contribution in [0.15, 0.2) is 36.9 Å². The SMILES string of the molecule is C=CC(=O)NCCO[C@@H]1O[C@@H]2COC(c3ccc(OC(=O)CCCC[C@@H]4SC[C@@H]5NC(=O)N[C@@H]54)cc3)OC2[C@H](O)[C@H]1O. The number of unbranched alkanes of at least 4 members (excludes halogenated alkanes) is 1. The maximum atomic E-state index is 12.4. The molecule has 1 aromatic rings. The topological polar surface area (TPSA) is 174 Å². The molecule has 4 fully saturated rings. The lowest BCUT2D eigenvalue weighted by atomic mass is 9.98. The first kappa shape index (κ1) is 30.7. The lowest BCUT2D eigenvalue weighted by Gasteiger charge is -2.46. The third kappa shape index (κ3) is 7.43. The van der Waals surface area contributed by atoms with Crippen LogP contribution in [-0.2, 0) is 28.5 Å². The maximum absolute atomic E-state index is 12.4. The first-order valence-corrected chi connectivity index (χ1v) is 15.2. The zero-order chi connectivity index (χ0) is 29.6. The number of esters is 1. The van der Waals surface area contributed by atoms with Crippen molar-refractivity contribution in [3.05, 3.63) is 42.5 Å². The van der Waals surface area contributed by atoms with Gasteiger partial charge < -0.3 is 49.8 Å². The fraction of sp³-hybridized carbons (Fsp3) is 0.607. The van der Waals surface area contributed by atoms with Crippen LogP contribution in [0, 0.1) is 0 Å². The Morgan fingerprint density at radius 2 is 1.95 bits per heavy atom. The number of thioether (sulfide) groups is 1. The van der Waals surface area contributed by atoms with E-state index in [0.717, 1.165) is 24.7 Å². The van der Waals surface area contributed by atoms with Crippen molar-refractivity contribution in [3.63, 3.8) is 0 Å². The molecule has 9 atom stereocenters. The van der Waals surface area contributed by atoms with Crippen molar-refractivity contribution < 1.29 is 48.3 Å². The van der Waals surface area contributed by atoms with E-state index in [9.17, 15) is 24.6 Å². The van der Waals surface area contributed by atoms with Gasteiger partial charge >= 0.3 is 12.0 Å². The van der Waals surface area contributed by atoms with Gasteiger partial charge in [-0.05, 0) is 31.1 Å². The first-order valence-electron chi connectivity index (χ1n) is 14.1. The molecule has 0 spiro atoms. The summed E-state index contributed by atoms with van der Waals surface area (Å²) in [4.78, 5) is 35.1. The summed E-state index contributed by atoms with van der Waals surface area (Å²) in [6.45, 7) is 3.70. The number of nitrogens with one attached hydrogen (secondary N) is 3. The molecular formula is C28H37N3O10S. The van der Waals surface area contributed by atoms with Crippen LogP contribution in [0.5, 0.6) is 5.75 Å². The number of aliphatic hydroxyl groups excluding tert-OH is 2. The predicted octanol–water partition coefficient (Wildman–Crippen LogP) is 0.497. The fourth-order valence-corrected chi connectivity index (χ4v) is 6.98. The number of fused-ring (bicyclic) bond motifs is 2. The molecule has 4 aliphatic heterocycles. The summed E-state index contributed by atoms with van der Waals surface area (Å²) >= 11 is 1.86. The molecular weight excluding hydrogens is 570 g/mol. The van der Waals surface area contributed by atoms with E-state index in [0.29, 0.717) is 29.4 Å². The van der Waals surface area contributed by atoms with Crippen LogP contribution >= 0.6 is 11.8 Å². The summed E-state index contributed by atoms with van der Waals surface area (Å²) in [5, 5.41) is 30.0. The van der Waals surface area contributed by atoms with Gasteiger partial charge in [-0.1, -0.05) is 25.1 Å². The minimum Gasteiger partial charge on any atom is -0.427 e. The monoisotopic (exact) mass is 607 g/mol. The number of carbonyl (C=O) groups is 3. The highest BCUT2D eigenvalue weighted by Crippen LogP contribution is 2.35. The quantitative estimate of drug-likeness (QED) is 0.0736. The van der Waals surface area contributed by atoms with Gasteiger partial charge in [0.2, 0.25) is 5.91 Å². The van der Waals surface area contributed by atoms with E-state index in [1.54, 1.807) is 24.3 Å². The molecule has 3 amide bonds. The highest BCUT2D eigenvalue weighted by Gasteiger charge is 2.49. The number of rotatable bonds is 12. The Bertz CT molecular complexity index is 1120. The van der Waals surface area contributed by atoms with Gasteiger partial charge in [0.15, 0.2) is 12.6 Å².